The van der Waals surface area contributed by atoms with E-state index in [4.69, 9.17) is 5.11 Å². The van der Waals surface area contributed by atoms with Crippen molar-refractivity contribution >= 4 is 5.97 Å². The van der Waals surface area contributed by atoms with Gasteiger partial charge in [-0.05, 0) is 32.1 Å². The molecular weight excluding hydrogens is 236 g/mol. The summed E-state index contributed by atoms with van der Waals surface area (Å²) in [5.41, 5.74) is 0. The second kappa shape index (κ2) is 15.3. The minimum atomic E-state index is -0.661. The minimum absolute atomic E-state index is 0.336. The van der Waals surface area contributed by atoms with Crippen molar-refractivity contribution in [3.8, 4) is 0 Å². The molecule has 0 aliphatic carbocycles. The zero-order valence-corrected chi connectivity index (χ0v) is 12.7. The molecule has 1 N–H and O–H groups in total. The third-order valence-corrected chi connectivity index (χ3v) is 3.40. The smallest absolute Gasteiger partial charge is 0.303 e. The average Bonchev–Trinajstić information content (AvgIpc) is 2.39. The molecule has 0 radical (unpaired) electrons. The number of carbonyl (C=O) groups is 1. The van der Waals surface area contributed by atoms with Crippen LogP contribution in [0.2, 0.25) is 0 Å². The highest BCUT2D eigenvalue weighted by molar-refractivity contribution is 5.66. The van der Waals surface area contributed by atoms with Crippen LogP contribution in [-0.4, -0.2) is 11.1 Å². The molecule has 19 heavy (non-hydrogen) atoms. The van der Waals surface area contributed by atoms with E-state index in [1.54, 1.807) is 0 Å². The molecule has 0 spiro atoms. The number of hydrogen-bond acceptors (Lipinski definition) is 1. The molecule has 0 aliphatic rings. The molecule has 0 heterocycles. The maximum absolute atomic E-state index is 10.3. The van der Waals surface area contributed by atoms with E-state index in [9.17, 15) is 4.79 Å². The van der Waals surface area contributed by atoms with Crippen molar-refractivity contribution in [1.82, 2.24) is 0 Å². The monoisotopic (exact) mass is 268 g/mol. The third-order valence-electron chi connectivity index (χ3n) is 3.40. The van der Waals surface area contributed by atoms with Crippen molar-refractivity contribution in [3.63, 3.8) is 0 Å². The Morgan fingerprint density at radius 2 is 1.26 bits per heavy atom. The van der Waals surface area contributed by atoms with E-state index in [0.29, 0.717) is 6.42 Å². The van der Waals surface area contributed by atoms with Crippen LogP contribution in [0, 0.1) is 0 Å². The van der Waals surface area contributed by atoms with E-state index in [-0.39, 0.29) is 0 Å². The van der Waals surface area contributed by atoms with E-state index < -0.39 is 5.97 Å². The highest BCUT2D eigenvalue weighted by atomic mass is 16.4. The number of carboxylic acids is 1. The lowest BCUT2D eigenvalue weighted by molar-refractivity contribution is -0.137. The van der Waals surface area contributed by atoms with Crippen LogP contribution in [0.4, 0.5) is 0 Å². The van der Waals surface area contributed by atoms with E-state index in [1.807, 2.05) is 0 Å². The molecule has 0 aromatic carbocycles. The first kappa shape index (κ1) is 18.2. The SMILES string of the molecule is CCCCCC=CCCCCCCCCCC(=O)O. The molecule has 0 saturated heterocycles. The van der Waals surface area contributed by atoms with Crippen LogP contribution in [0.5, 0.6) is 0 Å². The van der Waals surface area contributed by atoms with Crippen LogP contribution in [0.3, 0.4) is 0 Å². The maximum atomic E-state index is 10.3. The highest BCUT2D eigenvalue weighted by Crippen LogP contribution is 2.10. The molecule has 0 aromatic rings. The summed E-state index contributed by atoms with van der Waals surface area (Å²) in [6, 6.07) is 0. The molecule has 0 bridgehead atoms. The van der Waals surface area contributed by atoms with Gasteiger partial charge in [-0.1, -0.05) is 64.0 Å². The van der Waals surface area contributed by atoms with Gasteiger partial charge in [0.15, 0.2) is 0 Å². The molecule has 0 unspecified atom stereocenters. The normalized spacial score (nSPS) is 11.2. The van der Waals surface area contributed by atoms with Crippen LogP contribution in [0.15, 0.2) is 12.2 Å². The molecule has 0 aliphatic heterocycles. The van der Waals surface area contributed by atoms with Gasteiger partial charge >= 0.3 is 5.97 Å². The fraction of sp³-hybridized carbons (Fsp3) is 0.824. The van der Waals surface area contributed by atoms with Gasteiger partial charge in [0, 0.05) is 6.42 Å². The Bertz CT molecular complexity index is 221. The van der Waals surface area contributed by atoms with Crippen LogP contribution in [-0.2, 0) is 4.79 Å². The molecule has 2 nitrogen and oxygen atoms in total. The molecule has 0 saturated carbocycles. The molecule has 0 aromatic heterocycles. The molecule has 112 valence electrons. The van der Waals surface area contributed by atoms with Gasteiger partial charge in [-0.15, -0.1) is 0 Å². The predicted octanol–water partition coefficient (Wildman–Crippen LogP) is 5.72. The number of rotatable bonds is 14. The molecule has 0 amide bonds. The van der Waals surface area contributed by atoms with Crippen LogP contribution < -0.4 is 0 Å². The van der Waals surface area contributed by atoms with Crippen molar-refractivity contribution in [2.24, 2.45) is 0 Å². The lowest BCUT2D eigenvalue weighted by atomic mass is 10.1. The summed E-state index contributed by atoms with van der Waals surface area (Å²) >= 11 is 0. The zero-order chi connectivity index (χ0) is 14.2. The second-order valence-corrected chi connectivity index (χ2v) is 5.37. The van der Waals surface area contributed by atoms with Gasteiger partial charge in [0.1, 0.15) is 0 Å². The second-order valence-electron chi connectivity index (χ2n) is 5.37. The van der Waals surface area contributed by atoms with Crippen molar-refractivity contribution in [2.75, 3.05) is 0 Å². The summed E-state index contributed by atoms with van der Waals surface area (Å²) in [7, 11) is 0. The fourth-order valence-electron chi connectivity index (χ4n) is 2.17. The van der Waals surface area contributed by atoms with Crippen molar-refractivity contribution in [3.05, 3.63) is 12.2 Å². The maximum Gasteiger partial charge on any atom is 0.303 e. The quantitative estimate of drug-likeness (QED) is 0.323. The number of unbranched alkanes of at least 4 members (excludes halogenated alkanes) is 10. The van der Waals surface area contributed by atoms with Crippen LogP contribution in [0.25, 0.3) is 0 Å². The van der Waals surface area contributed by atoms with E-state index in [0.717, 1.165) is 12.8 Å². The van der Waals surface area contributed by atoms with Crippen LogP contribution in [0.1, 0.15) is 90.4 Å². The van der Waals surface area contributed by atoms with Crippen LogP contribution >= 0.6 is 0 Å². The summed E-state index contributed by atoms with van der Waals surface area (Å²) < 4.78 is 0. The van der Waals surface area contributed by atoms with E-state index in [2.05, 4.69) is 19.1 Å². The molecule has 0 atom stereocenters. The average molecular weight is 268 g/mol. The minimum Gasteiger partial charge on any atom is -0.481 e. The largest absolute Gasteiger partial charge is 0.481 e. The highest BCUT2D eigenvalue weighted by Gasteiger charge is 1.96. The van der Waals surface area contributed by atoms with Crippen molar-refractivity contribution in [1.29, 1.82) is 0 Å². The first-order chi connectivity index (χ1) is 9.27. The van der Waals surface area contributed by atoms with E-state index >= 15 is 0 Å². The first-order valence-corrected chi connectivity index (χ1v) is 8.14. The van der Waals surface area contributed by atoms with E-state index in [1.165, 1.54) is 64.2 Å². The number of allylic oxidation sites excluding steroid dienone is 2. The predicted molar refractivity (Wildman–Crippen MR) is 82.5 cm³/mol. The standard InChI is InChI=1S/C17H32O2/c1-2-3-4-5-6-7-8-9-10-11-12-13-14-15-16-17(18)19/h6-7H,2-5,8-16H2,1H3,(H,18,19). The van der Waals surface area contributed by atoms with Gasteiger partial charge in [-0.2, -0.15) is 0 Å². The summed E-state index contributed by atoms with van der Waals surface area (Å²) in [5.74, 6) is -0.661. The van der Waals surface area contributed by atoms with Gasteiger partial charge in [0.05, 0.1) is 0 Å². The summed E-state index contributed by atoms with van der Waals surface area (Å²) in [4.78, 5) is 10.3. The first-order valence-electron chi connectivity index (χ1n) is 8.14. The van der Waals surface area contributed by atoms with Gasteiger partial charge in [0.25, 0.3) is 0 Å². The molecule has 0 fully saturated rings. The lowest BCUT2D eigenvalue weighted by Gasteiger charge is -2.00. The zero-order valence-electron chi connectivity index (χ0n) is 12.7. The molecule has 2 heteroatoms. The Balaban J connectivity index is 3.04. The Morgan fingerprint density at radius 3 is 1.79 bits per heavy atom. The number of aliphatic carboxylic acids is 1. The van der Waals surface area contributed by atoms with Gasteiger partial charge in [0.2, 0.25) is 0 Å². The topological polar surface area (TPSA) is 37.3 Å². The van der Waals surface area contributed by atoms with Gasteiger partial charge < -0.3 is 5.11 Å². The number of carboxylic acid groups (broad SMARTS) is 1. The summed E-state index contributed by atoms with van der Waals surface area (Å²) in [6.45, 7) is 2.24. The van der Waals surface area contributed by atoms with Crippen molar-refractivity contribution < 1.29 is 9.90 Å². The Labute approximate surface area is 119 Å². The fourth-order valence-corrected chi connectivity index (χ4v) is 2.17. The van der Waals surface area contributed by atoms with Crippen molar-refractivity contribution in [2.45, 2.75) is 90.4 Å². The number of hydrogen-bond donors (Lipinski definition) is 1. The Morgan fingerprint density at radius 1 is 0.789 bits per heavy atom. The van der Waals surface area contributed by atoms with Gasteiger partial charge in [-0.3, -0.25) is 4.79 Å². The Kier molecular flexibility index (Phi) is 14.6. The summed E-state index contributed by atoms with van der Waals surface area (Å²) in [5, 5.41) is 8.50. The molecule has 0 rings (SSSR count). The third kappa shape index (κ3) is 17.2. The summed E-state index contributed by atoms with van der Waals surface area (Å²) in [6.07, 6.45) is 19.8. The Hall–Kier alpha value is -0.790. The van der Waals surface area contributed by atoms with Gasteiger partial charge in [-0.25, -0.2) is 0 Å². The lowest BCUT2D eigenvalue weighted by Crippen LogP contribution is -1.93. The molecular formula is C17H32O2.